The normalized spacial score (nSPS) is 12.8. The summed E-state index contributed by atoms with van der Waals surface area (Å²) in [6.07, 6.45) is 1.96. The summed E-state index contributed by atoms with van der Waals surface area (Å²) in [5, 5.41) is 3.41. The highest BCUT2D eigenvalue weighted by Crippen LogP contribution is 2.31. The number of aryl methyl sites for hydroxylation is 1. The van der Waals surface area contributed by atoms with Crippen LogP contribution < -0.4 is 9.62 Å². The minimum Gasteiger partial charge on any atom is -0.352 e. The number of benzene rings is 3. The zero-order valence-electron chi connectivity index (χ0n) is 23.1. The fourth-order valence-corrected chi connectivity index (χ4v) is 5.45. The van der Waals surface area contributed by atoms with Gasteiger partial charge in [-0.2, -0.15) is 0 Å². The van der Waals surface area contributed by atoms with E-state index < -0.39 is 28.5 Å². The van der Waals surface area contributed by atoms with Gasteiger partial charge in [-0.15, -0.1) is 0 Å². The van der Waals surface area contributed by atoms with Crippen molar-refractivity contribution in [3.63, 3.8) is 0 Å². The van der Waals surface area contributed by atoms with E-state index in [1.165, 1.54) is 23.1 Å². The Kier molecular flexibility index (Phi) is 11.0. The Bertz CT molecular complexity index is 1420. The van der Waals surface area contributed by atoms with E-state index in [9.17, 15) is 18.0 Å². The van der Waals surface area contributed by atoms with Crippen molar-refractivity contribution in [3.05, 3.63) is 99.5 Å². The summed E-state index contributed by atoms with van der Waals surface area (Å²) in [4.78, 5) is 29.2. The minimum absolute atomic E-state index is 0.0870. The molecular formula is C30H35Cl2N3O4S. The molecule has 0 bridgehead atoms. The zero-order valence-corrected chi connectivity index (χ0v) is 25.4. The van der Waals surface area contributed by atoms with E-state index in [4.69, 9.17) is 23.2 Å². The van der Waals surface area contributed by atoms with Gasteiger partial charge in [-0.1, -0.05) is 90.3 Å². The third-order valence-electron chi connectivity index (χ3n) is 6.60. The first-order chi connectivity index (χ1) is 18.9. The van der Waals surface area contributed by atoms with Crippen molar-refractivity contribution in [2.75, 3.05) is 17.1 Å². The average Bonchev–Trinajstić information content (AvgIpc) is 2.91. The number of rotatable bonds is 12. The summed E-state index contributed by atoms with van der Waals surface area (Å²) in [7, 11) is -3.95. The van der Waals surface area contributed by atoms with Crippen molar-refractivity contribution >= 4 is 50.7 Å². The monoisotopic (exact) mass is 603 g/mol. The van der Waals surface area contributed by atoms with E-state index >= 15 is 0 Å². The summed E-state index contributed by atoms with van der Waals surface area (Å²) in [5.74, 6) is -0.868. The first-order valence-corrected chi connectivity index (χ1v) is 15.6. The highest BCUT2D eigenvalue weighted by atomic mass is 35.5. The molecule has 214 valence electrons. The molecule has 3 aromatic carbocycles. The number of nitrogens with zero attached hydrogens (tertiary/aromatic N) is 2. The molecule has 0 heterocycles. The molecule has 0 spiro atoms. The highest BCUT2D eigenvalue weighted by Gasteiger charge is 2.34. The molecule has 0 aromatic heterocycles. The Morgan fingerprint density at radius 2 is 1.60 bits per heavy atom. The maximum Gasteiger partial charge on any atom is 0.244 e. The molecule has 0 unspecified atom stereocenters. The smallest absolute Gasteiger partial charge is 0.244 e. The van der Waals surface area contributed by atoms with Gasteiger partial charge in [0.25, 0.3) is 0 Å². The van der Waals surface area contributed by atoms with Crippen LogP contribution in [0.3, 0.4) is 0 Å². The maximum absolute atomic E-state index is 14.1. The topological polar surface area (TPSA) is 86.8 Å². The van der Waals surface area contributed by atoms with Crippen LogP contribution >= 0.6 is 23.2 Å². The third kappa shape index (κ3) is 8.71. The quantitative estimate of drug-likeness (QED) is 0.291. The van der Waals surface area contributed by atoms with Crippen molar-refractivity contribution in [2.45, 2.75) is 52.2 Å². The lowest BCUT2D eigenvalue weighted by molar-refractivity contribution is -0.140. The lowest BCUT2D eigenvalue weighted by Crippen LogP contribution is -2.54. The van der Waals surface area contributed by atoms with Crippen molar-refractivity contribution in [1.29, 1.82) is 0 Å². The highest BCUT2D eigenvalue weighted by molar-refractivity contribution is 7.92. The Morgan fingerprint density at radius 1 is 0.950 bits per heavy atom. The Morgan fingerprint density at radius 3 is 2.20 bits per heavy atom. The molecule has 3 aromatic rings. The second kappa shape index (κ2) is 14.0. The van der Waals surface area contributed by atoms with Gasteiger partial charge in [0.1, 0.15) is 12.6 Å². The number of halogens is 2. The number of carbonyl (C=O) groups excluding carboxylic acids is 2. The van der Waals surface area contributed by atoms with Crippen LogP contribution in [0.5, 0.6) is 0 Å². The molecule has 0 aliphatic heterocycles. The van der Waals surface area contributed by atoms with E-state index in [1.54, 1.807) is 0 Å². The van der Waals surface area contributed by atoms with Crippen LogP contribution in [0.1, 0.15) is 37.0 Å². The molecule has 0 saturated heterocycles. The van der Waals surface area contributed by atoms with Gasteiger partial charge in [-0.05, 0) is 49.6 Å². The first kappa shape index (κ1) is 31.5. The fraction of sp³-hybridized carbons (Fsp3) is 0.333. The van der Waals surface area contributed by atoms with Crippen LogP contribution in [0.25, 0.3) is 0 Å². The van der Waals surface area contributed by atoms with Gasteiger partial charge in [-0.3, -0.25) is 13.9 Å². The number of sulfonamides is 1. The van der Waals surface area contributed by atoms with Gasteiger partial charge >= 0.3 is 0 Å². The van der Waals surface area contributed by atoms with Gasteiger partial charge in [0.15, 0.2) is 0 Å². The second-order valence-corrected chi connectivity index (χ2v) is 12.6. The van der Waals surface area contributed by atoms with Crippen molar-refractivity contribution in [2.24, 2.45) is 0 Å². The third-order valence-corrected chi connectivity index (χ3v) is 8.28. The van der Waals surface area contributed by atoms with Gasteiger partial charge < -0.3 is 10.2 Å². The van der Waals surface area contributed by atoms with Gasteiger partial charge in [0.2, 0.25) is 21.8 Å². The summed E-state index contributed by atoms with van der Waals surface area (Å²) in [6, 6.07) is 20.5. The predicted molar refractivity (Wildman–Crippen MR) is 162 cm³/mol. The van der Waals surface area contributed by atoms with E-state index in [2.05, 4.69) is 5.32 Å². The summed E-state index contributed by atoms with van der Waals surface area (Å²) >= 11 is 12.5. The maximum atomic E-state index is 14.1. The van der Waals surface area contributed by atoms with E-state index in [-0.39, 0.29) is 40.6 Å². The number of hydrogen-bond donors (Lipinski definition) is 1. The van der Waals surface area contributed by atoms with Crippen LogP contribution in [-0.2, 0) is 32.6 Å². The van der Waals surface area contributed by atoms with E-state index in [1.807, 2.05) is 75.4 Å². The summed E-state index contributed by atoms with van der Waals surface area (Å²) < 4.78 is 26.7. The predicted octanol–water partition coefficient (Wildman–Crippen LogP) is 5.62. The molecule has 2 amide bonds. The molecule has 2 atom stereocenters. The van der Waals surface area contributed by atoms with Crippen LogP contribution in [0.2, 0.25) is 10.0 Å². The number of nitrogens with one attached hydrogen (secondary N) is 1. The van der Waals surface area contributed by atoms with Gasteiger partial charge in [0.05, 0.1) is 17.0 Å². The lowest BCUT2D eigenvalue weighted by Gasteiger charge is -2.34. The first-order valence-electron chi connectivity index (χ1n) is 13.0. The Balaban J connectivity index is 2.08. The number of amides is 2. The molecule has 10 heteroatoms. The molecule has 40 heavy (non-hydrogen) atoms. The molecule has 0 fully saturated rings. The number of hydrogen-bond acceptors (Lipinski definition) is 4. The van der Waals surface area contributed by atoms with Crippen LogP contribution in [-0.4, -0.2) is 50.0 Å². The summed E-state index contributed by atoms with van der Waals surface area (Å²) in [5.41, 5.74) is 2.81. The largest absolute Gasteiger partial charge is 0.352 e. The molecular weight excluding hydrogens is 569 g/mol. The van der Waals surface area contributed by atoms with Crippen molar-refractivity contribution in [3.8, 4) is 0 Å². The van der Waals surface area contributed by atoms with Crippen LogP contribution in [0.4, 0.5) is 5.69 Å². The van der Waals surface area contributed by atoms with Crippen molar-refractivity contribution in [1.82, 2.24) is 10.2 Å². The molecule has 0 radical (unpaired) electrons. The van der Waals surface area contributed by atoms with E-state index in [0.29, 0.717) is 6.42 Å². The Hall–Kier alpha value is -3.07. The minimum atomic E-state index is -3.95. The number of carbonyl (C=O) groups is 2. The Labute approximate surface area is 247 Å². The van der Waals surface area contributed by atoms with Gasteiger partial charge in [0, 0.05) is 24.0 Å². The lowest BCUT2D eigenvalue weighted by atomic mass is 10.0. The molecule has 3 rings (SSSR count). The van der Waals surface area contributed by atoms with E-state index in [0.717, 1.165) is 27.3 Å². The average molecular weight is 605 g/mol. The molecule has 0 aliphatic carbocycles. The van der Waals surface area contributed by atoms with Crippen LogP contribution in [0.15, 0.2) is 72.8 Å². The van der Waals surface area contributed by atoms with Crippen molar-refractivity contribution < 1.29 is 18.0 Å². The number of anilines is 1. The fourth-order valence-electron chi connectivity index (χ4n) is 4.16. The SMILES string of the molecule is CC[C@H](C)NC(=O)[C@@H](Cc1ccccc1)N(Cc1ccc(C)cc1)C(=O)CN(c1cc(Cl)ccc1Cl)S(C)(=O)=O. The molecule has 1 N–H and O–H groups in total. The second-order valence-electron chi connectivity index (χ2n) is 9.90. The standard InChI is InChI=1S/C30H35Cl2N3O4S/c1-5-22(3)33-30(37)28(17-23-9-7-6-8-10-23)34(19-24-13-11-21(2)12-14-24)29(36)20-35(40(4,38)39)27-18-25(31)15-16-26(27)32/h6-16,18,22,28H,5,17,19-20H2,1-4H3,(H,33,37)/t22-,28+/m0/s1. The summed E-state index contributed by atoms with van der Waals surface area (Å²) in [6.45, 7) is 5.36. The molecule has 0 aliphatic rings. The van der Waals surface area contributed by atoms with Gasteiger partial charge in [-0.25, -0.2) is 8.42 Å². The zero-order chi connectivity index (χ0) is 29.4. The van der Waals surface area contributed by atoms with Crippen LogP contribution in [0, 0.1) is 6.92 Å². The molecule has 7 nitrogen and oxygen atoms in total. The molecule has 0 saturated carbocycles.